The van der Waals surface area contributed by atoms with E-state index in [-0.39, 0.29) is 0 Å². The first kappa shape index (κ1) is 5.33. The van der Waals surface area contributed by atoms with Crippen molar-refractivity contribution in [1.29, 1.82) is 0 Å². The van der Waals surface area contributed by atoms with Crippen molar-refractivity contribution >= 4 is 0 Å². The minimum Gasteiger partial charge on any atom is -0.374 e. The molecule has 1 nitrogen and oxygen atoms in total. The summed E-state index contributed by atoms with van der Waals surface area (Å²) in [7, 11) is 0. The van der Waals surface area contributed by atoms with E-state index in [1.807, 2.05) is 6.20 Å². The molecule has 0 amide bonds. The van der Waals surface area contributed by atoms with E-state index in [9.17, 15) is 0 Å². The Bertz CT molecular complexity index is 131. The van der Waals surface area contributed by atoms with Gasteiger partial charge in [-0.2, -0.15) is 0 Å². The molecule has 1 saturated heterocycles. The van der Waals surface area contributed by atoms with Gasteiger partial charge >= 0.3 is 0 Å². The van der Waals surface area contributed by atoms with E-state index in [4.69, 9.17) is 0 Å². The fourth-order valence-corrected chi connectivity index (χ4v) is 2.14. The minimum atomic E-state index is 0.891. The molecule has 2 fully saturated rings. The second-order valence-corrected chi connectivity index (χ2v) is 3.14. The van der Waals surface area contributed by atoms with Gasteiger partial charge in [0.2, 0.25) is 0 Å². The van der Waals surface area contributed by atoms with Gasteiger partial charge in [0.05, 0.1) is 0 Å². The highest BCUT2D eigenvalue weighted by molar-refractivity contribution is 4.99. The summed E-state index contributed by atoms with van der Waals surface area (Å²) >= 11 is 0. The molecule has 2 atom stereocenters. The van der Waals surface area contributed by atoms with Gasteiger partial charge < -0.3 is 4.90 Å². The van der Waals surface area contributed by atoms with Crippen molar-refractivity contribution < 1.29 is 0 Å². The molecule has 0 N–H and O–H groups in total. The van der Waals surface area contributed by atoms with Crippen LogP contribution in [0.4, 0.5) is 0 Å². The second-order valence-electron chi connectivity index (χ2n) is 3.14. The van der Waals surface area contributed by atoms with E-state index in [0.29, 0.717) is 0 Å². The Kier molecular flexibility index (Phi) is 1.04. The molecule has 2 rings (SSSR count). The lowest BCUT2D eigenvalue weighted by Gasteiger charge is -2.43. The van der Waals surface area contributed by atoms with Gasteiger partial charge in [0, 0.05) is 12.6 Å². The van der Waals surface area contributed by atoms with E-state index >= 15 is 0 Å². The summed E-state index contributed by atoms with van der Waals surface area (Å²) in [5.74, 6) is 1.03. The van der Waals surface area contributed by atoms with E-state index in [1.165, 1.54) is 25.8 Å². The molecular weight excluding hydrogens is 110 g/mol. The number of nitrogens with zero attached hydrogens (tertiary/aromatic N) is 1. The summed E-state index contributed by atoms with van der Waals surface area (Å²) in [6.07, 6.45) is 6.32. The number of rotatable bonds is 1. The Morgan fingerprint density at radius 1 is 1.44 bits per heavy atom. The number of likely N-dealkylation sites (tertiary alicyclic amines) is 1. The maximum Gasteiger partial charge on any atom is 0.0329 e. The van der Waals surface area contributed by atoms with Gasteiger partial charge in [0.15, 0.2) is 0 Å². The normalized spacial score (nSPS) is 39.8. The molecule has 50 valence electrons. The Morgan fingerprint density at radius 2 is 2.33 bits per heavy atom. The number of hydrogen-bond donors (Lipinski definition) is 0. The fourth-order valence-electron chi connectivity index (χ4n) is 2.14. The topological polar surface area (TPSA) is 3.24 Å². The predicted molar refractivity (Wildman–Crippen MR) is 38.0 cm³/mol. The third-order valence-electron chi connectivity index (χ3n) is 2.72. The quantitative estimate of drug-likeness (QED) is 0.512. The lowest BCUT2D eigenvalue weighted by atomic mass is 9.93. The van der Waals surface area contributed by atoms with Crippen LogP contribution in [-0.2, 0) is 0 Å². The molecule has 0 spiro atoms. The van der Waals surface area contributed by atoms with Crippen LogP contribution < -0.4 is 0 Å². The monoisotopic (exact) mass is 123 g/mol. The highest BCUT2D eigenvalue weighted by atomic mass is 15.2. The smallest absolute Gasteiger partial charge is 0.0329 e. The molecule has 1 heteroatoms. The van der Waals surface area contributed by atoms with Crippen LogP contribution in [0.25, 0.3) is 0 Å². The molecule has 1 aliphatic heterocycles. The van der Waals surface area contributed by atoms with Crippen LogP contribution in [0.2, 0.25) is 0 Å². The van der Waals surface area contributed by atoms with E-state index in [1.54, 1.807) is 0 Å². The molecule has 1 saturated carbocycles. The molecule has 1 aliphatic carbocycles. The third kappa shape index (κ3) is 0.606. The molecule has 9 heavy (non-hydrogen) atoms. The van der Waals surface area contributed by atoms with Gasteiger partial charge in [-0.05, 0) is 25.0 Å². The SMILES string of the molecule is C=CN1CC2CCCC21. The van der Waals surface area contributed by atoms with Gasteiger partial charge in [0.1, 0.15) is 0 Å². The first-order valence-corrected chi connectivity index (χ1v) is 3.80. The molecule has 2 aliphatic rings. The predicted octanol–water partition coefficient (Wildman–Crippen LogP) is 1.61. The van der Waals surface area contributed by atoms with Gasteiger partial charge in [-0.25, -0.2) is 0 Å². The van der Waals surface area contributed by atoms with E-state index < -0.39 is 0 Å². The van der Waals surface area contributed by atoms with E-state index in [2.05, 4.69) is 11.5 Å². The molecule has 0 radical (unpaired) electrons. The van der Waals surface area contributed by atoms with Gasteiger partial charge in [-0.15, -0.1) is 0 Å². The van der Waals surface area contributed by atoms with E-state index in [0.717, 1.165) is 12.0 Å². The zero-order chi connectivity index (χ0) is 6.27. The van der Waals surface area contributed by atoms with Crippen molar-refractivity contribution in [3.63, 3.8) is 0 Å². The zero-order valence-electron chi connectivity index (χ0n) is 5.71. The lowest BCUT2D eigenvalue weighted by molar-refractivity contribution is 0.0923. The van der Waals surface area contributed by atoms with Crippen LogP contribution in [0, 0.1) is 5.92 Å². The Labute approximate surface area is 56.4 Å². The zero-order valence-corrected chi connectivity index (χ0v) is 5.71. The summed E-state index contributed by atoms with van der Waals surface area (Å²) in [5.41, 5.74) is 0. The Hall–Kier alpha value is -0.460. The first-order chi connectivity index (χ1) is 4.42. The Morgan fingerprint density at radius 3 is 3.00 bits per heavy atom. The third-order valence-corrected chi connectivity index (χ3v) is 2.72. The van der Waals surface area contributed by atoms with Crippen molar-refractivity contribution in [2.75, 3.05) is 6.54 Å². The molecule has 0 aromatic heterocycles. The maximum absolute atomic E-state index is 3.77. The van der Waals surface area contributed by atoms with Gasteiger partial charge in [-0.3, -0.25) is 0 Å². The molecule has 0 aromatic carbocycles. The van der Waals surface area contributed by atoms with Crippen LogP contribution in [0.1, 0.15) is 19.3 Å². The van der Waals surface area contributed by atoms with Crippen LogP contribution >= 0.6 is 0 Å². The molecule has 2 unspecified atom stereocenters. The van der Waals surface area contributed by atoms with Crippen molar-refractivity contribution in [3.8, 4) is 0 Å². The number of fused-ring (bicyclic) bond motifs is 1. The van der Waals surface area contributed by atoms with Gasteiger partial charge in [0.25, 0.3) is 0 Å². The van der Waals surface area contributed by atoms with Crippen molar-refractivity contribution in [3.05, 3.63) is 12.8 Å². The summed E-state index contributed by atoms with van der Waals surface area (Å²) < 4.78 is 0. The average molecular weight is 123 g/mol. The van der Waals surface area contributed by atoms with Crippen LogP contribution in [0.15, 0.2) is 12.8 Å². The largest absolute Gasteiger partial charge is 0.374 e. The summed E-state index contributed by atoms with van der Waals surface area (Å²) in [6.45, 7) is 5.05. The molecule has 0 bridgehead atoms. The first-order valence-electron chi connectivity index (χ1n) is 3.80. The molecule has 0 aromatic rings. The van der Waals surface area contributed by atoms with Gasteiger partial charge in [-0.1, -0.05) is 13.0 Å². The lowest BCUT2D eigenvalue weighted by Crippen LogP contribution is -2.49. The van der Waals surface area contributed by atoms with Crippen LogP contribution in [0.5, 0.6) is 0 Å². The van der Waals surface area contributed by atoms with Crippen molar-refractivity contribution in [1.82, 2.24) is 4.90 Å². The highest BCUT2D eigenvalue weighted by Gasteiger charge is 2.39. The fraction of sp³-hybridized carbons (Fsp3) is 0.750. The Balaban J connectivity index is 2.00. The maximum atomic E-state index is 3.77. The number of hydrogen-bond acceptors (Lipinski definition) is 1. The second kappa shape index (κ2) is 1.76. The molecule has 1 heterocycles. The average Bonchev–Trinajstić information content (AvgIpc) is 2.14. The summed E-state index contributed by atoms with van der Waals surface area (Å²) in [6, 6.07) is 0.891. The minimum absolute atomic E-state index is 0.891. The van der Waals surface area contributed by atoms with Crippen LogP contribution in [0.3, 0.4) is 0 Å². The van der Waals surface area contributed by atoms with Crippen molar-refractivity contribution in [2.45, 2.75) is 25.3 Å². The van der Waals surface area contributed by atoms with Crippen LogP contribution in [-0.4, -0.2) is 17.5 Å². The summed E-state index contributed by atoms with van der Waals surface area (Å²) in [5, 5.41) is 0. The summed E-state index contributed by atoms with van der Waals surface area (Å²) in [4.78, 5) is 2.37. The van der Waals surface area contributed by atoms with Crippen molar-refractivity contribution in [2.24, 2.45) is 5.92 Å². The standard InChI is InChI=1S/C8H13N/c1-2-9-6-7-4-3-5-8(7)9/h2,7-8H,1,3-6H2. The highest BCUT2D eigenvalue weighted by Crippen LogP contribution is 2.38. The molecular formula is C8H13N.